The lowest BCUT2D eigenvalue weighted by Crippen LogP contribution is -2.41. The molecule has 1 atom stereocenters. The number of nitrogens with one attached hydrogen (secondary N) is 2. The average molecular weight is 449 g/mol. The molecule has 0 aromatic carbocycles. The number of hydrazone groups is 1. The maximum Gasteiger partial charge on any atom is 0.326 e. The fraction of sp³-hybridized carbons (Fsp3) is 0.588. The summed E-state index contributed by atoms with van der Waals surface area (Å²) >= 11 is 0. The van der Waals surface area contributed by atoms with Crippen LogP contribution in [0.1, 0.15) is 40.9 Å². The Morgan fingerprint density at radius 2 is 1.93 bits per heavy atom. The molecule has 0 aliphatic carbocycles. The molecule has 29 heavy (non-hydrogen) atoms. The van der Waals surface area contributed by atoms with Gasteiger partial charge in [0.1, 0.15) is 6.04 Å². The molecule has 0 bridgehead atoms. The van der Waals surface area contributed by atoms with Crippen LogP contribution < -0.4 is 10.7 Å². The van der Waals surface area contributed by atoms with Gasteiger partial charge >= 0.3 is 5.97 Å². The molecule has 12 heteroatoms. The Kier molecular flexibility index (Phi) is 14.3. The highest BCUT2D eigenvalue weighted by Gasteiger charge is 2.20. The number of carboxylic acid groups (broad SMARTS) is 1. The number of amides is 2. The molecule has 2 amide bonds. The minimum Gasteiger partial charge on any atom is -0.480 e. The Morgan fingerprint density at radius 1 is 1.17 bits per heavy atom. The number of aliphatic carboxylic acids is 1. The molecule has 0 heterocycles. The molecule has 0 saturated carbocycles. The molecule has 0 aromatic heterocycles. The molecule has 0 radical (unpaired) electrons. The van der Waals surface area contributed by atoms with E-state index in [-0.39, 0.29) is 56.4 Å². The molecular formula is C17H26N4O6S2. The van der Waals surface area contributed by atoms with Gasteiger partial charge in [-0.1, -0.05) is 28.5 Å². The number of carbonyl (C=O) groups excluding carboxylic acids is 4. The van der Waals surface area contributed by atoms with E-state index in [1.165, 1.54) is 27.8 Å². The van der Waals surface area contributed by atoms with E-state index >= 15 is 0 Å². The van der Waals surface area contributed by atoms with Crippen LogP contribution in [0.15, 0.2) is 10.1 Å². The fourth-order valence-corrected chi connectivity index (χ4v) is 3.51. The van der Waals surface area contributed by atoms with E-state index in [1.807, 2.05) is 0 Å². The number of hydrogen-bond donors (Lipinski definition) is 3. The van der Waals surface area contributed by atoms with Gasteiger partial charge in [-0.2, -0.15) is 5.10 Å². The second kappa shape index (κ2) is 16.7. The van der Waals surface area contributed by atoms with Crippen molar-refractivity contribution in [1.29, 1.82) is 0 Å². The van der Waals surface area contributed by atoms with Crippen molar-refractivity contribution in [2.45, 2.75) is 45.5 Å². The van der Waals surface area contributed by atoms with E-state index in [0.29, 0.717) is 5.75 Å². The molecule has 0 saturated heterocycles. The Morgan fingerprint density at radius 3 is 2.59 bits per heavy atom. The Hall–Kier alpha value is -2.21. The normalized spacial score (nSPS) is 12.5. The van der Waals surface area contributed by atoms with Crippen LogP contribution in [0.5, 0.6) is 0 Å². The van der Waals surface area contributed by atoms with Crippen molar-refractivity contribution >= 4 is 63.4 Å². The Bertz CT molecular complexity index is 660. The molecule has 0 aromatic rings. The van der Waals surface area contributed by atoms with E-state index < -0.39 is 23.8 Å². The number of carbonyl (C=O) groups is 5. The van der Waals surface area contributed by atoms with E-state index in [0.717, 1.165) is 6.21 Å². The topological polar surface area (TPSA) is 154 Å². The first kappa shape index (κ1) is 24.8. The first-order valence-corrected chi connectivity index (χ1v) is 11.2. The van der Waals surface area contributed by atoms with Crippen molar-refractivity contribution < 1.29 is 30.4 Å². The van der Waals surface area contributed by atoms with Gasteiger partial charge in [0.05, 0.1) is 18.5 Å². The standard InChI is InChI=1S/C17H26N4O6S2/c1-3-15(24)21-19-10-13(23)7-8-28-29-11-16(25)20-14(17(26)27)6-5-12(22)9-18-4-2/h4,10,14H,3,5-9,11H2,1-2H3,(H,20,25)(H,21,24)(H,26,27)/b18-4?,19-10+/i1T. The summed E-state index contributed by atoms with van der Waals surface area (Å²) in [4.78, 5) is 61.0. The van der Waals surface area contributed by atoms with Gasteiger partial charge in [-0.15, -0.1) is 0 Å². The zero-order valence-electron chi connectivity index (χ0n) is 17.1. The van der Waals surface area contributed by atoms with Crippen LogP contribution in [-0.4, -0.2) is 71.0 Å². The smallest absolute Gasteiger partial charge is 0.326 e. The lowest BCUT2D eigenvalue weighted by molar-refractivity contribution is -0.141. The SMILES string of the molecule is [3H]CCC(=O)N/N=C/C(=O)CCSSCC(=O)NC(CCC(=O)CN=CC)C(=O)O. The fourth-order valence-electron chi connectivity index (χ4n) is 1.66. The summed E-state index contributed by atoms with van der Waals surface area (Å²) in [5.41, 5.74) is 2.13. The molecule has 10 nitrogen and oxygen atoms in total. The van der Waals surface area contributed by atoms with Gasteiger partial charge < -0.3 is 10.4 Å². The van der Waals surface area contributed by atoms with E-state index in [4.69, 9.17) is 6.48 Å². The van der Waals surface area contributed by atoms with Crippen molar-refractivity contribution in [3.05, 3.63) is 0 Å². The predicted octanol–water partition coefficient (Wildman–Crippen LogP) is 0.848. The second-order valence-corrected chi connectivity index (χ2v) is 8.06. The molecule has 0 spiro atoms. The first-order chi connectivity index (χ1) is 14.3. The van der Waals surface area contributed by atoms with Crippen LogP contribution in [0.25, 0.3) is 0 Å². The lowest BCUT2D eigenvalue weighted by atomic mass is 10.1. The van der Waals surface area contributed by atoms with Crippen LogP contribution >= 0.6 is 21.6 Å². The molecule has 0 aliphatic rings. The maximum absolute atomic E-state index is 11.9. The molecule has 1 unspecified atom stereocenters. The van der Waals surface area contributed by atoms with Gasteiger partial charge in [0, 0.05) is 26.4 Å². The minimum atomic E-state index is -1.22. The van der Waals surface area contributed by atoms with Crippen LogP contribution in [0, 0.1) is 0 Å². The number of nitrogens with zero attached hydrogens (tertiary/aromatic N) is 2. The number of Topliss-reactive ketones (excluding diaryl/α,β-unsaturated/α-hetero) is 2. The average Bonchev–Trinajstić information content (AvgIpc) is 2.69. The van der Waals surface area contributed by atoms with E-state index in [9.17, 15) is 24.0 Å². The number of aliphatic imine (C=N–C) groups is 1. The molecule has 3 N–H and O–H groups in total. The van der Waals surface area contributed by atoms with E-state index in [1.54, 1.807) is 6.92 Å². The quantitative estimate of drug-likeness (QED) is 0.136. The van der Waals surface area contributed by atoms with E-state index in [2.05, 4.69) is 20.8 Å². The summed E-state index contributed by atoms with van der Waals surface area (Å²) in [7, 11) is 2.43. The van der Waals surface area contributed by atoms with Crippen LogP contribution in [0.2, 0.25) is 0 Å². The molecule has 162 valence electrons. The van der Waals surface area contributed by atoms with Crippen LogP contribution in [0.3, 0.4) is 0 Å². The third-order valence-corrected chi connectivity index (χ3v) is 5.40. The highest BCUT2D eigenvalue weighted by Crippen LogP contribution is 2.21. The van der Waals surface area contributed by atoms with Crippen molar-refractivity contribution in [2.24, 2.45) is 10.1 Å². The number of carboxylic acids is 1. The van der Waals surface area contributed by atoms with Gasteiger partial charge in [-0.05, 0) is 19.6 Å². The Labute approximate surface area is 178 Å². The maximum atomic E-state index is 11.9. The third kappa shape index (κ3) is 15.4. The Balaban J connectivity index is 4.03. The summed E-state index contributed by atoms with van der Waals surface area (Å²) in [6.07, 6.45) is 2.63. The predicted molar refractivity (Wildman–Crippen MR) is 114 cm³/mol. The van der Waals surface area contributed by atoms with Gasteiger partial charge in [0.2, 0.25) is 11.8 Å². The van der Waals surface area contributed by atoms with Crippen LogP contribution in [0.4, 0.5) is 0 Å². The minimum absolute atomic E-state index is 0.00368. The monoisotopic (exact) mass is 448 g/mol. The number of hydrogen-bond acceptors (Lipinski definition) is 9. The summed E-state index contributed by atoms with van der Waals surface area (Å²) in [5.74, 6) is -2.25. The molecule has 0 rings (SSSR count). The highest BCUT2D eigenvalue weighted by atomic mass is 33.1. The summed E-state index contributed by atoms with van der Waals surface area (Å²) in [6.45, 7) is 1.61. The zero-order valence-corrected chi connectivity index (χ0v) is 17.7. The summed E-state index contributed by atoms with van der Waals surface area (Å²) < 4.78 is 6.87. The van der Waals surface area contributed by atoms with Crippen molar-refractivity contribution in [3.63, 3.8) is 0 Å². The van der Waals surface area contributed by atoms with Crippen molar-refractivity contribution in [3.8, 4) is 0 Å². The van der Waals surface area contributed by atoms with Crippen molar-refractivity contribution in [1.82, 2.24) is 10.7 Å². The zero-order chi connectivity index (χ0) is 22.8. The lowest BCUT2D eigenvalue weighted by Gasteiger charge is -2.13. The van der Waals surface area contributed by atoms with Gasteiger partial charge in [0.25, 0.3) is 0 Å². The summed E-state index contributed by atoms with van der Waals surface area (Å²) in [5, 5.41) is 15.0. The largest absolute Gasteiger partial charge is 0.480 e. The third-order valence-electron chi connectivity index (χ3n) is 3.13. The molecule has 0 aliphatic heterocycles. The summed E-state index contributed by atoms with van der Waals surface area (Å²) in [6, 6.07) is -1.15. The molecule has 0 fully saturated rings. The second-order valence-electron chi connectivity index (χ2n) is 5.48. The number of ketones is 2. The number of rotatable bonds is 16. The highest BCUT2D eigenvalue weighted by molar-refractivity contribution is 8.76. The molecular weight excluding hydrogens is 420 g/mol. The first-order valence-electron chi connectivity index (χ1n) is 9.37. The van der Waals surface area contributed by atoms with Gasteiger partial charge in [-0.3, -0.25) is 24.2 Å². The van der Waals surface area contributed by atoms with Crippen LogP contribution in [-0.2, 0) is 24.0 Å². The van der Waals surface area contributed by atoms with Crippen molar-refractivity contribution in [2.75, 3.05) is 18.1 Å². The van der Waals surface area contributed by atoms with Gasteiger partial charge in [-0.25, -0.2) is 10.2 Å². The van der Waals surface area contributed by atoms with Gasteiger partial charge in [0.15, 0.2) is 11.6 Å².